The van der Waals surface area contributed by atoms with Crippen LogP contribution in [-0.2, 0) is 6.42 Å². The lowest BCUT2D eigenvalue weighted by atomic mass is 10.1. The summed E-state index contributed by atoms with van der Waals surface area (Å²) in [4.78, 5) is 0. The fourth-order valence-corrected chi connectivity index (χ4v) is 1.45. The van der Waals surface area contributed by atoms with Gasteiger partial charge in [-0.1, -0.05) is 12.1 Å². The van der Waals surface area contributed by atoms with Crippen molar-refractivity contribution in [2.45, 2.75) is 18.9 Å². The van der Waals surface area contributed by atoms with Gasteiger partial charge in [-0.05, 0) is 43.6 Å². The van der Waals surface area contributed by atoms with Crippen molar-refractivity contribution in [3.63, 3.8) is 0 Å². The highest BCUT2D eigenvalue weighted by atomic mass is 19.1. The fourth-order valence-electron chi connectivity index (χ4n) is 1.45. The Bertz CT molecular complexity index is 290. The predicted molar refractivity (Wildman–Crippen MR) is 62.7 cm³/mol. The van der Waals surface area contributed by atoms with Crippen LogP contribution in [0, 0.1) is 5.82 Å². The Morgan fingerprint density at radius 1 is 1.31 bits per heavy atom. The molecule has 0 spiro atoms. The van der Waals surface area contributed by atoms with Crippen molar-refractivity contribution in [1.29, 1.82) is 0 Å². The van der Waals surface area contributed by atoms with Gasteiger partial charge in [-0.25, -0.2) is 4.39 Å². The van der Waals surface area contributed by atoms with E-state index < -0.39 is 0 Å². The van der Waals surface area contributed by atoms with E-state index in [-0.39, 0.29) is 11.9 Å². The van der Waals surface area contributed by atoms with Crippen LogP contribution >= 0.6 is 0 Å². The Balaban J connectivity index is 2.13. The summed E-state index contributed by atoms with van der Waals surface area (Å²) in [6.45, 7) is 1.83. The molecule has 1 aromatic rings. The molecule has 0 saturated heterocycles. The van der Waals surface area contributed by atoms with Crippen LogP contribution in [0.1, 0.15) is 12.0 Å². The topological polar surface area (TPSA) is 58.3 Å². The molecule has 0 heterocycles. The Morgan fingerprint density at radius 2 is 2.00 bits per heavy atom. The molecule has 4 heteroatoms. The van der Waals surface area contributed by atoms with Crippen LogP contribution in [-0.4, -0.2) is 30.8 Å². The Labute approximate surface area is 95.5 Å². The monoisotopic (exact) mass is 226 g/mol. The SMILES string of the molecule is NCCC(O)CNCCc1ccc(F)cc1. The number of hydrogen-bond acceptors (Lipinski definition) is 3. The van der Waals surface area contributed by atoms with Gasteiger partial charge in [0.15, 0.2) is 0 Å². The number of rotatable bonds is 7. The Hall–Kier alpha value is -0.970. The van der Waals surface area contributed by atoms with Gasteiger partial charge in [0, 0.05) is 6.54 Å². The van der Waals surface area contributed by atoms with Gasteiger partial charge in [0.05, 0.1) is 6.10 Å². The molecule has 16 heavy (non-hydrogen) atoms. The van der Waals surface area contributed by atoms with Crippen LogP contribution < -0.4 is 11.1 Å². The molecule has 0 radical (unpaired) electrons. The van der Waals surface area contributed by atoms with Crippen LogP contribution in [0.25, 0.3) is 0 Å². The molecule has 3 nitrogen and oxygen atoms in total. The molecule has 0 aromatic heterocycles. The van der Waals surface area contributed by atoms with E-state index >= 15 is 0 Å². The summed E-state index contributed by atoms with van der Waals surface area (Å²) >= 11 is 0. The minimum Gasteiger partial charge on any atom is -0.392 e. The highest BCUT2D eigenvalue weighted by molar-refractivity contribution is 5.16. The molecule has 0 fully saturated rings. The summed E-state index contributed by atoms with van der Waals surface area (Å²) in [6.07, 6.45) is 1.07. The highest BCUT2D eigenvalue weighted by Crippen LogP contribution is 2.02. The molecule has 0 amide bonds. The summed E-state index contributed by atoms with van der Waals surface area (Å²) in [5.74, 6) is -0.213. The number of hydrogen-bond donors (Lipinski definition) is 3. The lowest BCUT2D eigenvalue weighted by Crippen LogP contribution is -2.29. The lowest BCUT2D eigenvalue weighted by Gasteiger charge is -2.10. The molecule has 0 aliphatic heterocycles. The van der Waals surface area contributed by atoms with Crippen LogP contribution in [0.5, 0.6) is 0 Å². The smallest absolute Gasteiger partial charge is 0.123 e. The van der Waals surface area contributed by atoms with Crippen LogP contribution in [0.3, 0.4) is 0 Å². The molecule has 1 rings (SSSR count). The van der Waals surface area contributed by atoms with Gasteiger partial charge in [-0.15, -0.1) is 0 Å². The standard InChI is InChI=1S/C12H19FN2O/c13-11-3-1-10(2-4-11)6-8-15-9-12(16)5-7-14/h1-4,12,15-16H,5-9,14H2. The van der Waals surface area contributed by atoms with Crippen LogP contribution in [0.2, 0.25) is 0 Å². The predicted octanol–water partition coefficient (Wildman–Crippen LogP) is 0.667. The minimum atomic E-state index is -0.377. The molecule has 4 N–H and O–H groups in total. The molecule has 0 bridgehead atoms. The fraction of sp³-hybridized carbons (Fsp3) is 0.500. The summed E-state index contributed by atoms with van der Waals surface area (Å²) < 4.78 is 12.6. The second-order valence-corrected chi connectivity index (χ2v) is 3.81. The highest BCUT2D eigenvalue weighted by Gasteiger charge is 2.01. The molecular formula is C12H19FN2O. The molecule has 1 aromatic carbocycles. The van der Waals surface area contributed by atoms with Crippen molar-refractivity contribution in [3.05, 3.63) is 35.6 Å². The molecule has 90 valence electrons. The van der Waals surface area contributed by atoms with Crippen molar-refractivity contribution >= 4 is 0 Å². The average Bonchev–Trinajstić information content (AvgIpc) is 2.27. The molecule has 1 unspecified atom stereocenters. The van der Waals surface area contributed by atoms with E-state index in [2.05, 4.69) is 5.32 Å². The van der Waals surface area contributed by atoms with Gasteiger partial charge in [-0.3, -0.25) is 0 Å². The molecule has 1 atom stereocenters. The van der Waals surface area contributed by atoms with E-state index in [1.165, 1.54) is 12.1 Å². The third kappa shape index (κ3) is 5.21. The van der Waals surface area contributed by atoms with Crippen molar-refractivity contribution in [1.82, 2.24) is 5.32 Å². The maximum atomic E-state index is 12.6. The Kier molecular flexibility index (Phi) is 6.00. The van der Waals surface area contributed by atoms with Crippen LogP contribution in [0.4, 0.5) is 4.39 Å². The third-order valence-electron chi connectivity index (χ3n) is 2.38. The molecular weight excluding hydrogens is 207 g/mol. The van der Waals surface area contributed by atoms with Crippen molar-refractivity contribution < 1.29 is 9.50 Å². The number of nitrogens with one attached hydrogen (secondary N) is 1. The second kappa shape index (κ2) is 7.33. The number of aliphatic hydroxyl groups is 1. The van der Waals surface area contributed by atoms with Crippen molar-refractivity contribution in [3.8, 4) is 0 Å². The van der Waals surface area contributed by atoms with Crippen molar-refractivity contribution in [2.75, 3.05) is 19.6 Å². The number of aliphatic hydroxyl groups excluding tert-OH is 1. The average molecular weight is 226 g/mol. The third-order valence-corrected chi connectivity index (χ3v) is 2.38. The van der Waals surface area contributed by atoms with E-state index in [0.29, 0.717) is 19.5 Å². The zero-order valence-electron chi connectivity index (χ0n) is 9.32. The number of nitrogens with two attached hydrogens (primary N) is 1. The largest absolute Gasteiger partial charge is 0.392 e. The van der Waals surface area contributed by atoms with Crippen LogP contribution in [0.15, 0.2) is 24.3 Å². The first-order chi connectivity index (χ1) is 7.72. The molecule has 0 aliphatic rings. The van der Waals surface area contributed by atoms with Crippen molar-refractivity contribution in [2.24, 2.45) is 5.73 Å². The first-order valence-corrected chi connectivity index (χ1v) is 5.55. The van der Waals surface area contributed by atoms with Gasteiger partial charge >= 0.3 is 0 Å². The molecule has 0 aliphatic carbocycles. The Morgan fingerprint density at radius 3 is 2.62 bits per heavy atom. The summed E-state index contributed by atoms with van der Waals surface area (Å²) in [5, 5.41) is 12.5. The maximum Gasteiger partial charge on any atom is 0.123 e. The number of benzene rings is 1. The van der Waals surface area contributed by atoms with E-state index in [1.807, 2.05) is 0 Å². The summed E-state index contributed by atoms with van der Waals surface area (Å²) in [7, 11) is 0. The second-order valence-electron chi connectivity index (χ2n) is 3.81. The van der Waals surface area contributed by atoms with Gasteiger partial charge in [0.25, 0.3) is 0 Å². The lowest BCUT2D eigenvalue weighted by molar-refractivity contribution is 0.164. The van der Waals surface area contributed by atoms with E-state index in [9.17, 15) is 9.50 Å². The maximum absolute atomic E-state index is 12.6. The van der Waals surface area contributed by atoms with Gasteiger partial charge < -0.3 is 16.2 Å². The first-order valence-electron chi connectivity index (χ1n) is 5.55. The quantitative estimate of drug-likeness (QED) is 0.599. The normalized spacial score (nSPS) is 12.7. The number of halogens is 1. The zero-order valence-corrected chi connectivity index (χ0v) is 9.32. The van der Waals surface area contributed by atoms with Gasteiger partial charge in [0.2, 0.25) is 0 Å². The molecule has 0 saturated carbocycles. The van der Waals surface area contributed by atoms with E-state index in [4.69, 9.17) is 5.73 Å². The van der Waals surface area contributed by atoms with E-state index in [1.54, 1.807) is 12.1 Å². The minimum absolute atomic E-state index is 0.213. The van der Waals surface area contributed by atoms with E-state index in [0.717, 1.165) is 18.5 Å². The zero-order chi connectivity index (χ0) is 11.8. The van der Waals surface area contributed by atoms with Gasteiger partial charge in [0.1, 0.15) is 5.82 Å². The van der Waals surface area contributed by atoms with Gasteiger partial charge in [-0.2, -0.15) is 0 Å². The summed E-state index contributed by atoms with van der Waals surface area (Å²) in [6, 6.07) is 6.46. The first kappa shape index (κ1) is 13.1. The summed E-state index contributed by atoms with van der Waals surface area (Å²) in [5.41, 5.74) is 6.40.